The van der Waals surface area contributed by atoms with Crippen molar-refractivity contribution in [1.29, 1.82) is 0 Å². The van der Waals surface area contributed by atoms with E-state index in [1.165, 1.54) is 0 Å². The van der Waals surface area contributed by atoms with Gasteiger partial charge >= 0.3 is 0 Å². The van der Waals surface area contributed by atoms with Crippen molar-refractivity contribution in [2.45, 2.75) is 53.1 Å². The van der Waals surface area contributed by atoms with Gasteiger partial charge in [-0.15, -0.1) is 0 Å². The highest BCUT2D eigenvalue weighted by Crippen LogP contribution is 2.25. The summed E-state index contributed by atoms with van der Waals surface area (Å²) >= 11 is 0. The van der Waals surface area contributed by atoms with Crippen molar-refractivity contribution < 1.29 is 4.39 Å². The lowest BCUT2D eigenvalue weighted by atomic mass is 9.87. The average molecular weight is 146 g/mol. The highest BCUT2D eigenvalue weighted by Gasteiger charge is 2.22. The molecule has 62 valence electrons. The van der Waals surface area contributed by atoms with E-state index >= 15 is 0 Å². The monoisotopic (exact) mass is 146 g/mol. The topological polar surface area (TPSA) is 0 Å². The van der Waals surface area contributed by atoms with Crippen LogP contribution in [0.3, 0.4) is 0 Å². The molecule has 0 saturated carbocycles. The van der Waals surface area contributed by atoms with Crippen LogP contribution in [-0.2, 0) is 0 Å². The minimum absolute atomic E-state index is 0.158. The summed E-state index contributed by atoms with van der Waals surface area (Å²) in [5.41, 5.74) is -0.158. The summed E-state index contributed by atoms with van der Waals surface area (Å²) < 4.78 is 13.1. The van der Waals surface area contributed by atoms with Crippen molar-refractivity contribution in [1.82, 2.24) is 0 Å². The lowest BCUT2D eigenvalue weighted by Gasteiger charge is -2.23. The Balaban J connectivity index is 3.52. The van der Waals surface area contributed by atoms with E-state index in [4.69, 9.17) is 0 Å². The van der Waals surface area contributed by atoms with Crippen LogP contribution in [0.15, 0.2) is 0 Å². The second kappa shape index (κ2) is 3.95. The van der Waals surface area contributed by atoms with E-state index in [0.717, 1.165) is 19.3 Å². The molecule has 0 bridgehead atoms. The summed E-state index contributed by atoms with van der Waals surface area (Å²) in [6.45, 7) is 7.95. The Morgan fingerprint density at radius 2 is 1.80 bits per heavy atom. The molecule has 0 aliphatic heterocycles. The fraction of sp³-hybridized carbons (Fsp3) is 1.00. The maximum atomic E-state index is 13.1. The van der Waals surface area contributed by atoms with E-state index < -0.39 is 6.17 Å². The molecule has 0 amide bonds. The van der Waals surface area contributed by atoms with Gasteiger partial charge in [0.05, 0.1) is 0 Å². The zero-order chi connectivity index (χ0) is 8.20. The summed E-state index contributed by atoms with van der Waals surface area (Å²) in [5.74, 6) is 0. The zero-order valence-electron chi connectivity index (χ0n) is 7.58. The summed E-state index contributed by atoms with van der Waals surface area (Å²) in [4.78, 5) is 0. The molecule has 0 radical (unpaired) electrons. The molecular weight excluding hydrogens is 127 g/mol. The Bertz CT molecular complexity index is 81.2. The Hall–Kier alpha value is -0.0700. The lowest BCUT2D eigenvalue weighted by molar-refractivity contribution is 0.149. The first-order valence-electron chi connectivity index (χ1n) is 4.12. The van der Waals surface area contributed by atoms with Gasteiger partial charge in [0.25, 0.3) is 0 Å². The van der Waals surface area contributed by atoms with Crippen molar-refractivity contribution in [2.75, 3.05) is 0 Å². The van der Waals surface area contributed by atoms with Crippen LogP contribution >= 0.6 is 0 Å². The van der Waals surface area contributed by atoms with Crippen molar-refractivity contribution in [3.05, 3.63) is 0 Å². The molecule has 0 aromatic heterocycles. The van der Waals surface area contributed by atoms with Crippen molar-refractivity contribution in [3.63, 3.8) is 0 Å². The first kappa shape index (κ1) is 9.93. The molecule has 0 aromatic rings. The third kappa shape index (κ3) is 3.86. The van der Waals surface area contributed by atoms with Gasteiger partial charge in [-0.25, -0.2) is 4.39 Å². The largest absolute Gasteiger partial charge is 0.247 e. The predicted octanol–water partition coefficient (Wildman–Crippen LogP) is 3.56. The van der Waals surface area contributed by atoms with Crippen LogP contribution in [-0.4, -0.2) is 6.17 Å². The summed E-state index contributed by atoms with van der Waals surface area (Å²) in [5, 5.41) is 0. The van der Waals surface area contributed by atoms with Gasteiger partial charge in [-0.1, -0.05) is 40.5 Å². The molecule has 0 rings (SSSR count). The lowest BCUT2D eigenvalue weighted by Crippen LogP contribution is -2.21. The minimum atomic E-state index is -0.632. The van der Waals surface area contributed by atoms with E-state index in [1.54, 1.807) is 0 Å². The highest BCUT2D eigenvalue weighted by atomic mass is 19.1. The van der Waals surface area contributed by atoms with Gasteiger partial charge in [0, 0.05) is 0 Å². The fourth-order valence-electron chi connectivity index (χ4n) is 0.816. The number of alkyl halides is 1. The number of unbranched alkanes of at least 4 members (excludes halogenated alkanes) is 1. The molecule has 1 atom stereocenters. The highest BCUT2D eigenvalue weighted by molar-refractivity contribution is 4.72. The zero-order valence-corrected chi connectivity index (χ0v) is 7.58. The summed E-state index contributed by atoms with van der Waals surface area (Å²) in [6.07, 6.45) is 2.20. The van der Waals surface area contributed by atoms with Crippen molar-refractivity contribution in [3.8, 4) is 0 Å². The molecule has 0 spiro atoms. The van der Waals surface area contributed by atoms with E-state index in [9.17, 15) is 4.39 Å². The molecule has 0 fully saturated rings. The van der Waals surface area contributed by atoms with Crippen LogP contribution in [0.25, 0.3) is 0 Å². The molecule has 0 aromatic carbocycles. The Kier molecular flexibility index (Phi) is 3.92. The van der Waals surface area contributed by atoms with Gasteiger partial charge < -0.3 is 0 Å². The minimum Gasteiger partial charge on any atom is -0.247 e. The Morgan fingerprint density at radius 3 is 2.10 bits per heavy atom. The standard InChI is InChI=1S/C9H19F/c1-5-6-7-8(10)9(2,3)4/h8H,5-7H2,1-4H3. The third-order valence-corrected chi connectivity index (χ3v) is 1.75. The van der Waals surface area contributed by atoms with Crippen molar-refractivity contribution >= 4 is 0 Å². The van der Waals surface area contributed by atoms with E-state index in [-0.39, 0.29) is 5.41 Å². The maximum absolute atomic E-state index is 13.1. The molecule has 0 heterocycles. The van der Waals surface area contributed by atoms with Crippen LogP contribution in [0, 0.1) is 5.41 Å². The SMILES string of the molecule is CCCCC(F)C(C)(C)C. The number of hydrogen-bond acceptors (Lipinski definition) is 0. The molecule has 1 heteroatoms. The van der Waals surface area contributed by atoms with Gasteiger partial charge in [-0.2, -0.15) is 0 Å². The van der Waals surface area contributed by atoms with Crippen LogP contribution in [0.2, 0.25) is 0 Å². The van der Waals surface area contributed by atoms with Crippen LogP contribution in [0.5, 0.6) is 0 Å². The van der Waals surface area contributed by atoms with Gasteiger partial charge in [0.2, 0.25) is 0 Å². The first-order chi connectivity index (χ1) is 4.48. The van der Waals surface area contributed by atoms with Gasteiger partial charge in [0.15, 0.2) is 0 Å². The summed E-state index contributed by atoms with van der Waals surface area (Å²) in [7, 11) is 0. The normalized spacial score (nSPS) is 15.3. The molecule has 0 nitrogen and oxygen atoms in total. The second-order valence-corrected chi connectivity index (χ2v) is 3.98. The molecule has 0 saturated heterocycles. The first-order valence-corrected chi connectivity index (χ1v) is 4.12. The molecule has 10 heavy (non-hydrogen) atoms. The molecular formula is C9H19F. The van der Waals surface area contributed by atoms with Crippen molar-refractivity contribution in [2.24, 2.45) is 5.41 Å². The van der Waals surface area contributed by atoms with Crippen LogP contribution in [0.4, 0.5) is 4.39 Å². The number of hydrogen-bond donors (Lipinski definition) is 0. The van der Waals surface area contributed by atoms with Crippen LogP contribution in [0.1, 0.15) is 47.0 Å². The predicted molar refractivity (Wildman–Crippen MR) is 43.9 cm³/mol. The van der Waals surface area contributed by atoms with Gasteiger partial charge in [-0.3, -0.25) is 0 Å². The van der Waals surface area contributed by atoms with E-state index in [0.29, 0.717) is 0 Å². The second-order valence-electron chi connectivity index (χ2n) is 3.98. The quantitative estimate of drug-likeness (QED) is 0.571. The molecule has 1 unspecified atom stereocenters. The third-order valence-electron chi connectivity index (χ3n) is 1.75. The number of halogens is 1. The van der Waals surface area contributed by atoms with Gasteiger partial charge in [-0.05, 0) is 11.8 Å². The molecule has 0 aliphatic rings. The van der Waals surface area contributed by atoms with E-state index in [1.807, 2.05) is 20.8 Å². The summed E-state index contributed by atoms with van der Waals surface area (Å²) in [6, 6.07) is 0. The molecule has 0 aliphatic carbocycles. The van der Waals surface area contributed by atoms with Crippen LogP contribution < -0.4 is 0 Å². The fourth-order valence-corrected chi connectivity index (χ4v) is 0.816. The van der Waals surface area contributed by atoms with E-state index in [2.05, 4.69) is 6.92 Å². The smallest absolute Gasteiger partial charge is 0.105 e. The molecule has 0 N–H and O–H groups in total. The Morgan fingerprint density at radius 1 is 1.30 bits per heavy atom. The van der Waals surface area contributed by atoms with Gasteiger partial charge in [0.1, 0.15) is 6.17 Å². The Labute approximate surface area is 63.8 Å². The average Bonchev–Trinajstić information content (AvgIpc) is 1.80. The maximum Gasteiger partial charge on any atom is 0.105 e. The number of rotatable bonds is 3.